The number of benzene rings is 2. The third-order valence-electron chi connectivity index (χ3n) is 4.07. The van der Waals surface area contributed by atoms with Crippen LogP contribution in [0, 0.1) is 19.7 Å². The van der Waals surface area contributed by atoms with Crippen molar-refractivity contribution in [2.24, 2.45) is 10.7 Å². The number of aryl methyl sites for hydroxylation is 2. The van der Waals surface area contributed by atoms with Crippen LogP contribution in [-0.2, 0) is 11.2 Å². The van der Waals surface area contributed by atoms with E-state index in [1.807, 2.05) is 0 Å². The lowest BCUT2D eigenvalue weighted by Gasteiger charge is -2.22. The second-order valence-corrected chi connectivity index (χ2v) is 8.58. The second kappa shape index (κ2) is 7.79. The summed E-state index contributed by atoms with van der Waals surface area (Å²) in [4.78, 5) is 4.30. The standard InChI is InChI=1S/C20H24ClFN2S/c1-12-8-14(20(3,4)5)9-13(2)16(12)11-25-19(23)24-15-6-7-18(22)17(21)10-15/h6-10H,11H2,1-5H3,(H2,23,24). The van der Waals surface area contributed by atoms with Crippen molar-refractivity contribution in [2.75, 3.05) is 0 Å². The molecule has 0 heterocycles. The van der Waals surface area contributed by atoms with Crippen molar-refractivity contribution in [1.82, 2.24) is 0 Å². The second-order valence-electron chi connectivity index (χ2n) is 7.18. The van der Waals surface area contributed by atoms with Gasteiger partial charge in [0.15, 0.2) is 5.17 Å². The third kappa shape index (κ3) is 5.23. The molecule has 2 aromatic carbocycles. The van der Waals surface area contributed by atoms with Crippen LogP contribution in [0.3, 0.4) is 0 Å². The maximum atomic E-state index is 13.2. The zero-order chi connectivity index (χ0) is 18.8. The minimum Gasteiger partial charge on any atom is -0.378 e. The topological polar surface area (TPSA) is 38.4 Å². The Morgan fingerprint density at radius 1 is 1.16 bits per heavy atom. The van der Waals surface area contributed by atoms with Gasteiger partial charge < -0.3 is 5.73 Å². The van der Waals surface area contributed by atoms with Gasteiger partial charge in [-0.3, -0.25) is 0 Å². The van der Waals surface area contributed by atoms with Gasteiger partial charge in [-0.1, -0.05) is 56.3 Å². The molecule has 134 valence electrons. The van der Waals surface area contributed by atoms with Crippen LogP contribution < -0.4 is 5.73 Å². The van der Waals surface area contributed by atoms with Gasteiger partial charge in [-0.15, -0.1) is 0 Å². The molecular formula is C20H24ClFN2S. The fourth-order valence-electron chi connectivity index (χ4n) is 2.51. The minimum absolute atomic E-state index is 0.0449. The van der Waals surface area contributed by atoms with E-state index in [-0.39, 0.29) is 10.4 Å². The predicted octanol–water partition coefficient (Wildman–Crippen LogP) is 6.27. The quantitative estimate of drug-likeness (QED) is 0.504. The molecule has 0 radical (unpaired) electrons. The van der Waals surface area contributed by atoms with Crippen molar-refractivity contribution in [3.8, 4) is 0 Å². The zero-order valence-corrected chi connectivity index (χ0v) is 16.9. The molecule has 2 N–H and O–H groups in total. The Morgan fingerprint density at radius 2 is 1.76 bits per heavy atom. The lowest BCUT2D eigenvalue weighted by atomic mass is 9.84. The molecule has 0 atom stereocenters. The van der Waals surface area contributed by atoms with Crippen LogP contribution >= 0.6 is 23.4 Å². The highest BCUT2D eigenvalue weighted by molar-refractivity contribution is 8.13. The summed E-state index contributed by atoms with van der Waals surface area (Å²) in [6.07, 6.45) is 0. The molecule has 0 saturated heterocycles. The number of aliphatic imine (C=N–C) groups is 1. The summed E-state index contributed by atoms with van der Waals surface area (Å²) in [5, 5.41) is 0.477. The highest BCUT2D eigenvalue weighted by Crippen LogP contribution is 2.29. The Bertz CT molecular complexity index is 787. The molecule has 2 nitrogen and oxygen atoms in total. The molecule has 0 aromatic heterocycles. The Morgan fingerprint density at radius 3 is 2.28 bits per heavy atom. The molecular weight excluding hydrogens is 355 g/mol. The van der Waals surface area contributed by atoms with E-state index in [4.69, 9.17) is 17.3 Å². The van der Waals surface area contributed by atoms with Crippen molar-refractivity contribution in [3.63, 3.8) is 0 Å². The monoisotopic (exact) mass is 378 g/mol. The Kier molecular flexibility index (Phi) is 6.17. The summed E-state index contributed by atoms with van der Waals surface area (Å²) in [6.45, 7) is 10.9. The van der Waals surface area contributed by atoms with Gasteiger partial charge in [-0.2, -0.15) is 0 Å². The van der Waals surface area contributed by atoms with Gasteiger partial charge >= 0.3 is 0 Å². The van der Waals surface area contributed by atoms with Crippen LogP contribution in [0.25, 0.3) is 0 Å². The van der Waals surface area contributed by atoms with Gasteiger partial charge in [0, 0.05) is 5.75 Å². The number of nitrogens with two attached hydrogens (primary N) is 1. The van der Waals surface area contributed by atoms with E-state index in [9.17, 15) is 4.39 Å². The van der Waals surface area contributed by atoms with E-state index in [1.54, 1.807) is 6.07 Å². The molecule has 0 amide bonds. The molecule has 25 heavy (non-hydrogen) atoms. The molecule has 0 aliphatic carbocycles. The highest BCUT2D eigenvalue weighted by Gasteiger charge is 2.16. The van der Waals surface area contributed by atoms with E-state index in [0.717, 1.165) is 5.75 Å². The minimum atomic E-state index is -0.461. The third-order valence-corrected chi connectivity index (χ3v) is 5.18. The Labute approximate surface area is 158 Å². The SMILES string of the molecule is Cc1cc(C(C)(C)C)cc(C)c1CSC(N)=Nc1ccc(F)c(Cl)c1. The number of amidine groups is 1. The molecule has 2 aromatic rings. The predicted molar refractivity (Wildman–Crippen MR) is 109 cm³/mol. The molecule has 0 unspecified atom stereocenters. The highest BCUT2D eigenvalue weighted by atomic mass is 35.5. The van der Waals surface area contributed by atoms with Gasteiger partial charge in [0.25, 0.3) is 0 Å². The van der Waals surface area contributed by atoms with Gasteiger partial charge in [-0.25, -0.2) is 9.38 Å². The molecule has 0 aliphatic rings. The number of halogens is 2. The first-order valence-corrected chi connectivity index (χ1v) is 9.47. The average molecular weight is 379 g/mol. The summed E-state index contributed by atoms with van der Waals surface area (Å²) in [6, 6.07) is 8.81. The number of hydrogen-bond donors (Lipinski definition) is 1. The van der Waals surface area contributed by atoms with Crippen LogP contribution in [0.4, 0.5) is 10.1 Å². The first-order valence-electron chi connectivity index (χ1n) is 8.10. The lowest BCUT2D eigenvalue weighted by molar-refractivity contribution is 0.589. The van der Waals surface area contributed by atoms with Crippen molar-refractivity contribution in [3.05, 3.63) is 63.4 Å². The summed E-state index contributed by atoms with van der Waals surface area (Å²) in [5.41, 5.74) is 11.8. The first-order chi connectivity index (χ1) is 11.6. The van der Waals surface area contributed by atoms with Crippen molar-refractivity contribution >= 4 is 34.2 Å². The maximum Gasteiger partial charge on any atom is 0.159 e. The fraction of sp³-hybridized carbons (Fsp3) is 0.350. The van der Waals surface area contributed by atoms with E-state index >= 15 is 0 Å². The Balaban J connectivity index is 2.15. The van der Waals surface area contributed by atoms with Gasteiger partial charge in [0.05, 0.1) is 10.7 Å². The van der Waals surface area contributed by atoms with Crippen molar-refractivity contribution in [2.45, 2.75) is 45.8 Å². The van der Waals surface area contributed by atoms with E-state index < -0.39 is 5.82 Å². The number of nitrogens with zero attached hydrogens (tertiary/aromatic N) is 1. The van der Waals surface area contributed by atoms with Gasteiger partial charge in [0.2, 0.25) is 0 Å². The van der Waals surface area contributed by atoms with Crippen molar-refractivity contribution < 1.29 is 4.39 Å². The van der Waals surface area contributed by atoms with E-state index in [2.05, 4.69) is 51.7 Å². The fourth-order valence-corrected chi connectivity index (χ4v) is 3.61. The summed E-state index contributed by atoms with van der Waals surface area (Å²) in [5.74, 6) is 0.281. The summed E-state index contributed by atoms with van der Waals surface area (Å²) >= 11 is 7.24. The number of thioether (sulfide) groups is 1. The van der Waals surface area contributed by atoms with Gasteiger partial charge in [-0.05, 0) is 59.7 Å². The van der Waals surface area contributed by atoms with Crippen LogP contribution in [0.15, 0.2) is 35.3 Å². The summed E-state index contributed by atoms with van der Waals surface area (Å²) < 4.78 is 13.2. The molecule has 0 spiro atoms. The zero-order valence-electron chi connectivity index (χ0n) is 15.3. The normalized spacial score (nSPS) is 12.5. The lowest BCUT2D eigenvalue weighted by Crippen LogP contribution is -2.13. The average Bonchev–Trinajstić information content (AvgIpc) is 2.49. The van der Waals surface area contributed by atoms with Crippen molar-refractivity contribution in [1.29, 1.82) is 0 Å². The summed E-state index contributed by atoms with van der Waals surface area (Å²) in [7, 11) is 0. The first kappa shape index (κ1) is 19.8. The molecule has 0 aliphatic heterocycles. The molecule has 5 heteroatoms. The van der Waals surface area contributed by atoms with Crippen LogP contribution in [0.2, 0.25) is 5.02 Å². The van der Waals surface area contributed by atoms with Crippen LogP contribution in [0.1, 0.15) is 43.0 Å². The molecule has 0 saturated carbocycles. The molecule has 0 fully saturated rings. The molecule has 0 bridgehead atoms. The largest absolute Gasteiger partial charge is 0.378 e. The van der Waals surface area contributed by atoms with Crippen LogP contribution in [0.5, 0.6) is 0 Å². The maximum absolute atomic E-state index is 13.2. The Hall–Kier alpha value is -1.52. The van der Waals surface area contributed by atoms with E-state index in [0.29, 0.717) is 10.9 Å². The molecule has 2 rings (SSSR count). The van der Waals surface area contributed by atoms with Crippen LogP contribution in [-0.4, -0.2) is 5.17 Å². The smallest absolute Gasteiger partial charge is 0.159 e. The van der Waals surface area contributed by atoms with Gasteiger partial charge in [0.1, 0.15) is 5.82 Å². The number of rotatable bonds is 3. The number of hydrogen-bond acceptors (Lipinski definition) is 2. The van der Waals surface area contributed by atoms with E-state index in [1.165, 1.54) is 46.1 Å².